The van der Waals surface area contributed by atoms with E-state index in [0.29, 0.717) is 56.6 Å². The SMILES string of the molecule is NS(=O)(=O)c1ccccc1C1=C(c2ccccc2)C2=C(CC(C(=O)O)C(=O)O)C3=NC(=CC4=NC(=CC5=NC(=CC1=N2)C=C5)C=C4)C=C3. The van der Waals surface area contributed by atoms with Gasteiger partial charge in [-0.2, -0.15) is 0 Å². The number of benzene rings is 2. The Bertz CT molecular complexity index is 2310. The maximum Gasteiger partial charge on any atom is 0.318 e. The van der Waals surface area contributed by atoms with Crippen LogP contribution in [0.15, 0.2) is 163 Å². The third-order valence-electron chi connectivity index (χ3n) is 8.00. The topological polar surface area (TPSA) is 184 Å². The molecule has 0 aliphatic carbocycles. The van der Waals surface area contributed by atoms with Gasteiger partial charge >= 0.3 is 11.9 Å². The zero-order valence-electron chi connectivity index (χ0n) is 25.0. The molecule has 0 unspecified atom stereocenters. The molecule has 11 nitrogen and oxygen atoms in total. The smallest absolute Gasteiger partial charge is 0.318 e. The fourth-order valence-corrected chi connectivity index (χ4v) is 6.61. The van der Waals surface area contributed by atoms with Gasteiger partial charge in [-0.25, -0.2) is 33.5 Å². The average Bonchev–Trinajstić information content (AvgIpc) is 3.86. The third kappa shape index (κ3) is 5.81. The Kier molecular flexibility index (Phi) is 7.58. The molecule has 8 bridgehead atoms. The van der Waals surface area contributed by atoms with E-state index in [-0.39, 0.29) is 21.7 Å². The van der Waals surface area contributed by atoms with Crippen LogP contribution in [0.5, 0.6) is 0 Å². The normalized spacial score (nSPS) is 18.1. The van der Waals surface area contributed by atoms with Crippen molar-refractivity contribution in [3.63, 3.8) is 0 Å². The van der Waals surface area contributed by atoms with Crippen LogP contribution in [0.25, 0.3) is 11.1 Å². The highest BCUT2D eigenvalue weighted by molar-refractivity contribution is 7.89. The molecule has 0 spiro atoms. The van der Waals surface area contributed by atoms with Crippen LogP contribution in [0.2, 0.25) is 0 Å². The summed E-state index contributed by atoms with van der Waals surface area (Å²) in [6.45, 7) is 0. The van der Waals surface area contributed by atoms with E-state index in [9.17, 15) is 28.2 Å². The number of carbonyl (C=O) groups is 2. The van der Waals surface area contributed by atoms with Crippen molar-refractivity contribution >= 4 is 56.0 Å². The second-order valence-electron chi connectivity index (χ2n) is 11.2. The van der Waals surface area contributed by atoms with E-state index in [0.717, 1.165) is 0 Å². The van der Waals surface area contributed by atoms with Crippen LogP contribution in [-0.4, -0.2) is 53.4 Å². The lowest BCUT2D eigenvalue weighted by molar-refractivity contribution is -0.154. The quantitative estimate of drug-likeness (QED) is 0.359. The van der Waals surface area contributed by atoms with E-state index in [1.54, 1.807) is 60.7 Å². The number of fused-ring (bicyclic) bond motifs is 4. The van der Waals surface area contributed by atoms with Crippen molar-refractivity contribution < 1.29 is 28.2 Å². The first kappa shape index (κ1) is 30.5. The van der Waals surface area contributed by atoms with Gasteiger partial charge in [0.2, 0.25) is 10.0 Å². The highest BCUT2D eigenvalue weighted by Gasteiger charge is 2.35. The van der Waals surface area contributed by atoms with Gasteiger partial charge in [0.05, 0.1) is 50.5 Å². The molecule has 0 atom stereocenters. The summed E-state index contributed by atoms with van der Waals surface area (Å²) in [5.41, 5.74) is 5.75. The van der Waals surface area contributed by atoms with Crippen LogP contribution < -0.4 is 5.14 Å². The fraction of sp³-hybridized carbons (Fsp3) is 0.0556. The van der Waals surface area contributed by atoms with Gasteiger partial charge < -0.3 is 10.2 Å². The molecule has 0 amide bonds. The lowest BCUT2D eigenvalue weighted by Crippen LogP contribution is -2.25. The number of nitrogens with two attached hydrogens (primary N) is 1. The first-order valence-electron chi connectivity index (χ1n) is 14.7. The van der Waals surface area contributed by atoms with Crippen molar-refractivity contribution in [3.05, 3.63) is 149 Å². The Morgan fingerprint density at radius 1 is 0.667 bits per heavy atom. The number of carboxylic acids is 2. The van der Waals surface area contributed by atoms with Crippen molar-refractivity contribution in [2.45, 2.75) is 11.3 Å². The van der Waals surface area contributed by atoms with Gasteiger partial charge in [0, 0.05) is 28.7 Å². The van der Waals surface area contributed by atoms with E-state index < -0.39 is 34.3 Å². The lowest BCUT2D eigenvalue weighted by atomic mass is 9.87. The van der Waals surface area contributed by atoms with E-state index in [2.05, 4.69) is 4.99 Å². The molecule has 5 heterocycles. The van der Waals surface area contributed by atoms with E-state index in [1.807, 2.05) is 42.5 Å². The molecule has 48 heavy (non-hydrogen) atoms. The summed E-state index contributed by atoms with van der Waals surface area (Å²) < 4.78 is 25.9. The summed E-state index contributed by atoms with van der Waals surface area (Å²) in [6, 6.07) is 15.3. The average molecular weight is 656 g/mol. The summed E-state index contributed by atoms with van der Waals surface area (Å²) in [5.74, 6) is -4.90. The first-order valence-corrected chi connectivity index (χ1v) is 16.3. The predicted molar refractivity (Wildman–Crippen MR) is 183 cm³/mol. The van der Waals surface area contributed by atoms with E-state index in [1.165, 1.54) is 6.07 Å². The summed E-state index contributed by atoms with van der Waals surface area (Å²) in [7, 11) is -4.24. The number of primary sulfonamides is 1. The van der Waals surface area contributed by atoms with Gasteiger partial charge in [0.25, 0.3) is 0 Å². The zero-order valence-corrected chi connectivity index (χ0v) is 25.8. The Morgan fingerprint density at radius 2 is 1.25 bits per heavy atom. The molecule has 0 fully saturated rings. The molecule has 0 aromatic heterocycles. The molecule has 4 N–H and O–H groups in total. The van der Waals surface area contributed by atoms with Gasteiger partial charge in [0.15, 0.2) is 5.92 Å². The van der Waals surface area contributed by atoms with Crippen molar-refractivity contribution in [3.8, 4) is 0 Å². The van der Waals surface area contributed by atoms with Crippen LogP contribution >= 0.6 is 0 Å². The maximum atomic E-state index is 12.9. The minimum Gasteiger partial charge on any atom is -0.481 e. The second-order valence-corrected chi connectivity index (χ2v) is 12.7. The largest absolute Gasteiger partial charge is 0.481 e. The van der Waals surface area contributed by atoms with Crippen LogP contribution in [-0.2, 0) is 19.6 Å². The van der Waals surface area contributed by atoms with Crippen molar-refractivity contribution in [2.24, 2.45) is 31.0 Å². The molecule has 0 saturated carbocycles. The molecule has 2 aromatic rings. The van der Waals surface area contributed by atoms with Crippen LogP contribution in [0.4, 0.5) is 0 Å². The number of rotatable bonds is 7. The summed E-state index contributed by atoms with van der Waals surface area (Å²) in [5, 5.41) is 25.7. The minimum absolute atomic E-state index is 0.150. The molecule has 7 rings (SSSR count). The molecule has 0 radical (unpaired) electrons. The third-order valence-corrected chi connectivity index (χ3v) is 8.97. The molecular formula is C36H25N5O6S. The zero-order chi connectivity index (χ0) is 33.6. The number of nitrogens with zero attached hydrogens (tertiary/aromatic N) is 4. The molecule has 5 aliphatic rings. The van der Waals surface area contributed by atoms with E-state index in [4.69, 9.17) is 20.1 Å². The van der Waals surface area contributed by atoms with Crippen LogP contribution in [0.3, 0.4) is 0 Å². The van der Waals surface area contributed by atoms with Gasteiger partial charge in [-0.1, -0.05) is 48.5 Å². The van der Waals surface area contributed by atoms with Crippen LogP contribution in [0, 0.1) is 5.92 Å². The van der Waals surface area contributed by atoms with E-state index >= 15 is 0 Å². The number of carboxylic acid groups (broad SMARTS) is 2. The molecule has 5 aliphatic heterocycles. The van der Waals surface area contributed by atoms with Crippen molar-refractivity contribution in [1.29, 1.82) is 0 Å². The first-order chi connectivity index (χ1) is 23.0. The number of hydrogen-bond acceptors (Lipinski definition) is 8. The fourth-order valence-electron chi connectivity index (χ4n) is 5.87. The van der Waals surface area contributed by atoms with Crippen molar-refractivity contribution in [2.75, 3.05) is 0 Å². The highest BCUT2D eigenvalue weighted by Crippen LogP contribution is 2.44. The number of sulfonamides is 1. The second kappa shape index (κ2) is 11.9. The Morgan fingerprint density at radius 3 is 1.90 bits per heavy atom. The number of aliphatic imine (C=N–C) groups is 4. The predicted octanol–water partition coefficient (Wildman–Crippen LogP) is 4.83. The summed E-state index contributed by atoms with van der Waals surface area (Å²) >= 11 is 0. The Hall–Kier alpha value is -6.11. The molecule has 2 aromatic carbocycles. The summed E-state index contributed by atoms with van der Waals surface area (Å²) in [4.78, 5) is 43.5. The molecule has 12 heteroatoms. The monoisotopic (exact) mass is 655 g/mol. The van der Waals surface area contributed by atoms with Crippen molar-refractivity contribution in [1.82, 2.24) is 0 Å². The van der Waals surface area contributed by atoms with Crippen LogP contribution in [0.1, 0.15) is 17.5 Å². The standard InChI is InChI=1S/C36H25N5O6S/c37-48(46,47)31-9-5-4-8-26(31)33-30-18-25-13-12-22(39-25)16-21-10-11-23(38-21)17-24-14-15-29(40-24)27(19-28(35(42)43)36(44)45)34(41-30)32(33)20-6-2-1-3-7-20/h1-18,28H,19H2,(H,42,43)(H,44,45)(H2,37,46,47). The molecule has 0 saturated heterocycles. The molecular weight excluding hydrogens is 630 g/mol. The van der Waals surface area contributed by atoms with Gasteiger partial charge in [-0.15, -0.1) is 0 Å². The Balaban J connectivity index is 1.62. The van der Waals surface area contributed by atoms with Gasteiger partial charge in [-0.05, 0) is 66.3 Å². The maximum absolute atomic E-state index is 12.9. The number of hydrogen-bond donors (Lipinski definition) is 3. The number of aliphatic carboxylic acids is 2. The minimum atomic E-state index is -4.24. The summed E-state index contributed by atoms with van der Waals surface area (Å²) in [6.07, 6.45) is 15.5. The van der Waals surface area contributed by atoms with Gasteiger partial charge in [0.1, 0.15) is 0 Å². The number of allylic oxidation sites excluding steroid dienone is 12. The Labute approximate surface area is 274 Å². The van der Waals surface area contributed by atoms with Gasteiger partial charge in [-0.3, -0.25) is 9.59 Å². The molecule has 236 valence electrons. The highest BCUT2D eigenvalue weighted by atomic mass is 32.2. The lowest BCUT2D eigenvalue weighted by Gasteiger charge is -2.17.